The summed E-state index contributed by atoms with van der Waals surface area (Å²) < 4.78 is 15.8. The summed E-state index contributed by atoms with van der Waals surface area (Å²) in [7, 11) is 3.05. The summed E-state index contributed by atoms with van der Waals surface area (Å²) in [5, 5.41) is 0. The number of ether oxygens (including phenoxy) is 2. The number of piperazine rings is 1. The maximum absolute atomic E-state index is 11.5. The first kappa shape index (κ1) is 17.4. The molecule has 0 saturated carbocycles. The van der Waals surface area contributed by atoms with Crippen molar-refractivity contribution in [2.45, 2.75) is 13.0 Å². The van der Waals surface area contributed by atoms with E-state index in [1.807, 2.05) is 24.3 Å². The molecule has 1 saturated heterocycles. The van der Waals surface area contributed by atoms with Crippen molar-refractivity contribution in [3.8, 4) is 5.75 Å². The molecule has 3 rings (SSSR count). The summed E-state index contributed by atoms with van der Waals surface area (Å²) in [5.74, 6) is 1.49. The molecule has 6 heteroatoms. The van der Waals surface area contributed by atoms with Crippen LogP contribution in [0.2, 0.25) is 0 Å². The monoisotopic (exact) mass is 344 g/mol. The van der Waals surface area contributed by atoms with Gasteiger partial charge in [-0.15, -0.1) is 0 Å². The van der Waals surface area contributed by atoms with Gasteiger partial charge in [-0.2, -0.15) is 0 Å². The van der Waals surface area contributed by atoms with Gasteiger partial charge in [0, 0.05) is 26.2 Å². The zero-order valence-electron chi connectivity index (χ0n) is 14.9. The molecule has 1 aromatic heterocycles. The van der Waals surface area contributed by atoms with Crippen LogP contribution < -0.4 is 9.64 Å². The number of anilines is 1. The Morgan fingerprint density at radius 3 is 2.48 bits per heavy atom. The fourth-order valence-corrected chi connectivity index (χ4v) is 3.21. The fourth-order valence-electron chi connectivity index (χ4n) is 3.21. The Morgan fingerprint density at radius 1 is 1.08 bits per heavy atom. The smallest absolute Gasteiger partial charge is 0.373 e. The average Bonchev–Trinajstić information content (AvgIpc) is 3.17. The van der Waals surface area contributed by atoms with Gasteiger partial charge in [0.25, 0.3) is 0 Å². The van der Waals surface area contributed by atoms with E-state index in [0.29, 0.717) is 0 Å². The van der Waals surface area contributed by atoms with E-state index in [-0.39, 0.29) is 11.8 Å². The number of carbonyl (C=O) groups is 1. The van der Waals surface area contributed by atoms with Crippen LogP contribution in [0.15, 0.2) is 40.8 Å². The van der Waals surface area contributed by atoms with Gasteiger partial charge in [-0.25, -0.2) is 4.79 Å². The second-order valence-corrected chi connectivity index (χ2v) is 6.06. The van der Waals surface area contributed by atoms with Gasteiger partial charge in [-0.1, -0.05) is 12.1 Å². The summed E-state index contributed by atoms with van der Waals surface area (Å²) in [6.45, 7) is 5.74. The van der Waals surface area contributed by atoms with Crippen LogP contribution in [0.4, 0.5) is 5.69 Å². The van der Waals surface area contributed by atoms with Crippen LogP contribution in [0.3, 0.4) is 0 Å². The Bertz CT molecular complexity index is 720. The lowest BCUT2D eigenvalue weighted by molar-refractivity contribution is 0.0558. The van der Waals surface area contributed by atoms with Crippen LogP contribution in [0, 0.1) is 0 Å². The van der Waals surface area contributed by atoms with Crippen LogP contribution in [0.25, 0.3) is 0 Å². The van der Waals surface area contributed by atoms with Crippen molar-refractivity contribution >= 4 is 11.7 Å². The summed E-state index contributed by atoms with van der Waals surface area (Å²) in [6, 6.07) is 11.7. The normalized spacial score (nSPS) is 16.5. The molecule has 1 unspecified atom stereocenters. The van der Waals surface area contributed by atoms with Gasteiger partial charge in [-0.05, 0) is 31.2 Å². The minimum Gasteiger partial charge on any atom is -0.495 e. The van der Waals surface area contributed by atoms with E-state index < -0.39 is 5.97 Å². The molecule has 25 heavy (non-hydrogen) atoms. The third-order valence-electron chi connectivity index (χ3n) is 4.71. The number of benzene rings is 1. The topological polar surface area (TPSA) is 55.2 Å². The van der Waals surface area contributed by atoms with Gasteiger partial charge >= 0.3 is 5.97 Å². The van der Waals surface area contributed by atoms with Crippen molar-refractivity contribution in [1.29, 1.82) is 0 Å². The molecule has 0 amide bonds. The third-order valence-corrected chi connectivity index (χ3v) is 4.71. The summed E-state index contributed by atoms with van der Waals surface area (Å²) in [5.41, 5.74) is 1.13. The molecule has 1 fully saturated rings. The quantitative estimate of drug-likeness (QED) is 0.778. The molecule has 1 aliphatic heterocycles. The number of esters is 1. The number of para-hydroxylation sites is 2. The summed E-state index contributed by atoms with van der Waals surface area (Å²) >= 11 is 0. The van der Waals surface area contributed by atoms with E-state index in [0.717, 1.165) is 43.4 Å². The zero-order valence-corrected chi connectivity index (χ0v) is 14.9. The van der Waals surface area contributed by atoms with Gasteiger partial charge in [-0.3, -0.25) is 4.90 Å². The molecule has 1 atom stereocenters. The first-order valence-corrected chi connectivity index (χ1v) is 8.44. The van der Waals surface area contributed by atoms with E-state index in [1.165, 1.54) is 7.11 Å². The average molecular weight is 344 g/mol. The highest BCUT2D eigenvalue weighted by atomic mass is 16.5. The molecule has 0 aliphatic carbocycles. The Balaban J connectivity index is 1.63. The first-order valence-electron chi connectivity index (χ1n) is 8.44. The van der Waals surface area contributed by atoms with Gasteiger partial charge in [0.15, 0.2) is 0 Å². The largest absolute Gasteiger partial charge is 0.495 e. The Kier molecular flexibility index (Phi) is 5.28. The number of carbonyl (C=O) groups excluding carboxylic acids is 1. The van der Waals surface area contributed by atoms with E-state index in [4.69, 9.17) is 13.9 Å². The zero-order chi connectivity index (χ0) is 17.8. The van der Waals surface area contributed by atoms with Crippen LogP contribution in [-0.2, 0) is 4.74 Å². The van der Waals surface area contributed by atoms with Crippen molar-refractivity contribution in [2.24, 2.45) is 0 Å². The molecule has 0 radical (unpaired) electrons. The predicted octanol–water partition coefficient (Wildman–Crippen LogP) is 2.96. The van der Waals surface area contributed by atoms with Crippen molar-refractivity contribution < 1.29 is 18.7 Å². The minimum absolute atomic E-state index is 0.109. The number of furan rings is 1. The van der Waals surface area contributed by atoms with Crippen LogP contribution >= 0.6 is 0 Å². The van der Waals surface area contributed by atoms with Gasteiger partial charge in [0.2, 0.25) is 5.76 Å². The number of hydrogen-bond acceptors (Lipinski definition) is 6. The SMILES string of the molecule is COC(=O)c1ccc(C(C)N2CCN(c3ccccc3OC)CC2)o1. The Labute approximate surface area is 147 Å². The molecule has 2 aromatic rings. The first-order chi connectivity index (χ1) is 12.1. The molecule has 2 heterocycles. The van der Waals surface area contributed by atoms with Crippen molar-refractivity contribution in [2.75, 3.05) is 45.3 Å². The van der Waals surface area contributed by atoms with E-state index in [9.17, 15) is 4.79 Å². The standard InChI is InChI=1S/C19H24N2O4/c1-14(16-8-9-18(25-16)19(22)24-3)20-10-12-21(13-11-20)15-6-4-5-7-17(15)23-2/h4-9,14H,10-13H2,1-3H3. The van der Waals surface area contributed by atoms with Crippen molar-refractivity contribution in [3.05, 3.63) is 47.9 Å². The van der Waals surface area contributed by atoms with Gasteiger partial charge < -0.3 is 18.8 Å². The van der Waals surface area contributed by atoms with Gasteiger partial charge in [0.05, 0.1) is 25.9 Å². The number of methoxy groups -OCH3 is 2. The highest BCUT2D eigenvalue weighted by molar-refractivity contribution is 5.86. The maximum atomic E-state index is 11.5. The van der Waals surface area contributed by atoms with Crippen molar-refractivity contribution in [1.82, 2.24) is 4.90 Å². The number of rotatable bonds is 5. The second kappa shape index (κ2) is 7.61. The van der Waals surface area contributed by atoms with Crippen LogP contribution in [0.1, 0.15) is 29.3 Å². The molecule has 1 aliphatic rings. The summed E-state index contributed by atoms with van der Waals surface area (Å²) in [4.78, 5) is 16.2. The molecule has 0 spiro atoms. The van der Waals surface area contributed by atoms with Gasteiger partial charge in [0.1, 0.15) is 11.5 Å². The number of nitrogens with zero attached hydrogens (tertiary/aromatic N) is 2. The maximum Gasteiger partial charge on any atom is 0.373 e. The third kappa shape index (κ3) is 3.64. The highest BCUT2D eigenvalue weighted by Crippen LogP contribution is 2.30. The van der Waals surface area contributed by atoms with Crippen LogP contribution in [0.5, 0.6) is 5.75 Å². The van der Waals surface area contributed by atoms with E-state index >= 15 is 0 Å². The van der Waals surface area contributed by atoms with E-state index in [2.05, 4.69) is 22.8 Å². The lowest BCUT2D eigenvalue weighted by atomic mass is 10.1. The predicted molar refractivity (Wildman–Crippen MR) is 95.2 cm³/mol. The molecule has 0 N–H and O–H groups in total. The molecular formula is C19H24N2O4. The van der Waals surface area contributed by atoms with E-state index in [1.54, 1.807) is 13.2 Å². The molecule has 6 nitrogen and oxygen atoms in total. The van der Waals surface area contributed by atoms with Crippen LogP contribution in [-0.4, -0.2) is 51.3 Å². The molecule has 0 bridgehead atoms. The Morgan fingerprint density at radius 2 is 1.80 bits per heavy atom. The molecular weight excluding hydrogens is 320 g/mol. The second-order valence-electron chi connectivity index (χ2n) is 6.06. The summed E-state index contributed by atoms with van der Waals surface area (Å²) in [6.07, 6.45) is 0. The van der Waals surface area contributed by atoms with Crippen molar-refractivity contribution in [3.63, 3.8) is 0 Å². The highest BCUT2D eigenvalue weighted by Gasteiger charge is 2.26. The lowest BCUT2D eigenvalue weighted by Gasteiger charge is -2.38. The molecule has 1 aromatic carbocycles. The number of hydrogen-bond donors (Lipinski definition) is 0. The fraction of sp³-hybridized carbons (Fsp3) is 0.421. The lowest BCUT2D eigenvalue weighted by Crippen LogP contribution is -2.47. The minimum atomic E-state index is -0.445. The molecule has 134 valence electrons. The Hall–Kier alpha value is -2.47.